The summed E-state index contributed by atoms with van der Waals surface area (Å²) in [6.45, 7) is 12.7. The largest absolute Gasteiger partial charge is 0.380 e. The van der Waals surface area contributed by atoms with E-state index in [-0.39, 0.29) is 5.41 Å². The van der Waals surface area contributed by atoms with E-state index in [0.717, 1.165) is 13.2 Å². The minimum Gasteiger partial charge on any atom is -0.380 e. The summed E-state index contributed by atoms with van der Waals surface area (Å²) in [5.41, 5.74) is 0.282. The maximum absolute atomic E-state index is 5.46. The normalized spacial score (nSPS) is 15.0. The highest BCUT2D eigenvalue weighted by Gasteiger charge is 2.31. The molecule has 0 heterocycles. The molecule has 0 radical (unpaired) electrons. The third kappa shape index (κ3) is 3.65. The predicted octanol–water partition coefficient (Wildman–Crippen LogP) is 2.29. The topological polar surface area (TPSA) is 21.3 Å². The molecule has 0 aliphatic heterocycles. The number of hydrogen-bond acceptors (Lipinski definition) is 2. The molecular formula is C11H25NO. The van der Waals surface area contributed by atoms with Crippen molar-refractivity contribution in [3.8, 4) is 0 Å². The molecule has 0 amide bonds. The second-order valence-corrected chi connectivity index (χ2v) is 4.48. The molecule has 0 bridgehead atoms. The molecule has 0 spiro atoms. The Balaban J connectivity index is 4.19. The molecule has 0 saturated carbocycles. The van der Waals surface area contributed by atoms with E-state index < -0.39 is 0 Å². The highest BCUT2D eigenvalue weighted by Crippen LogP contribution is 2.30. The SMILES string of the molecule is CCOCC(NC)C(C)(C)C(C)C. The van der Waals surface area contributed by atoms with Gasteiger partial charge in [-0.3, -0.25) is 0 Å². The molecule has 0 fully saturated rings. The van der Waals surface area contributed by atoms with Crippen LogP contribution in [0, 0.1) is 11.3 Å². The van der Waals surface area contributed by atoms with Gasteiger partial charge in [-0.05, 0) is 25.3 Å². The van der Waals surface area contributed by atoms with Gasteiger partial charge in [-0.1, -0.05) is 27.7 Å². The van der Waals surface area contributed by atoms with Crippen molar-refractivity contribution in [1.29, 1.82) is 0 Å². The maximum atomic E-state index is 5.46. The predicted molar refractivity (Wildman–Crippen MR) is 58.0 cm³/mol. The fraction of sp³-hybridized carbons (Fsp3) is 1.00. The molecule has 0 aromatic rings. The Hall–Kier alpha value is -0.0800. The van der Waals surface area contributed by atoms with Crippen LogP contribution in [0.4, 0.5) is 0 Å². The van der Waals surface area contributed by atoms with Gasteiger partial charge >= 0.3 is 0 Å². The third-order valence-corrected chi connectivity index (χ3v) is 3.22. The van der Waals surface area contributed by atoms with Crippen LogP contribution in [0.5, 0.6) is 0 Å². The molecule has 0 aromatic heterocycles. The highest BCUT2D eigenvalue weighted by atomic mass is 16.5. The maximum Gasteiger partial charge on any atom is 0.0624 e. The van der Waals surface area contributed by atoms with E-state index in [1.54, 1.807) is 0 Å². The quantitative estimate of drug-likeness (QED) is 0.689. The van der Waals surface area contributed by atoms with Crippen LogP contribution >= 0.6 is 0 Å². The van der Waals surface area contributed by atoms with Gasteiger partial charge in [-0.2, -0.15) is 0 Å². The van der Waals surface area contributed by atoms with Crippen molar-refractivity contribution < 1.29 is 4.74 Å². The first-order valence-electron chi connectivity index (χ1n) is 5.21. The van der Waals surface area contributed by atoms with Gasteiger partial charge in [0.25, 0.3) is 0 Å². The minimum absolute atomic E-state index is 0.282. The van der Waals surface area contributed by atoms with Crippen molar-refractivity contribution in [1.82, 2.24) is 5.32 Å². The molecular weight excluding hydrogens is 162 g/mol. The Morgan fingerprint density at radius 1 is 1.31 bits per heavy atom. The number of ether oxygens (including phenoxy) is 1. The minimum atomic E-state index is 0.282. The Labute approximate surface area is 83.1 Å². The lowest BCUT2D eigenvalue weighted by Crippen LogP contribution is -2.46. The summed E-state index contributed by atoms with van der Waals surface area (Å²) in [5, 5.41) is 3.33. The Bertz CT molecular complexity index is 132. The first-order valence-corrected chi connectivity index (χ1v) is 5.21. The Morgan fingerprint density at radius 3 is 2.15 bits per heavy atom. The summed E-state index contributed by atoms with van der Waals surface area (Å²) in [7, 11) is 2.01. The molecule has 0 aliphatic rings. The van der Waals surface area contributed by atoms with E-state index in [1.165, 1.54) is 0 Å². The molecule has 0 aliphatic carbocycles. The van der Waals surface area contributed by atoms with Crippen LogP contribution in [0.2, 0.25) is 0 Å². The van der Waals surface area contributed by atoms with E-state index >= 15 is 0 Å². The van der Waals surface area contributed by atoms with Gasteiger partial charge in [0.15, 0.2) is 0 Å². The molecule has 0 aromatic carbocycles. The third-order valence-electron chi connectivity index (χ3n) is 3.22. The monoisotopic (exact) mass is 187 g/mol. The van der Waals surface area contributed by atoms with Gasteiger partial charge in [0.1, 0.15) is 0 Å². The lowest BCUT2D eigenvalue weighted by molar-refractivity contribution is 0.0597. The van der Waals surface area contributed by atoms with Crippen LogP contribution in [0.1, 0.15) is 34.6 Å². The van der Waals surface area contributed by atoms with Crippen LogP contribution in [0.15, 0.2) is 0 Å². The number of nitrogens with one attached hydrogen (secondary N) is 1. The van der Waals surface area contributed by atoms with Crippen LogP contribution in [-0.2, 0) is 4.74 Å². The van der Waals surface area contributed by atoms with Crippen molar-refractivity contribution in [2.24, 2.45) is 11.3 Å². The van der Waals surface area contributed by atoms with Crippen molar-refractivity contribution in [2.75, 3.05) is 20.3 Å². The second kappa shape index (κ2) is 5.61. The van der Waals surface area contributed by atoms with E-state index in [9.17, 15) is 0 Å². The number of likely N-dealkylation sites (N-methyl/N-ethyl adjacent to an activating group) is 1. The van der Waals surface area contributed by atoms with Crippen LogP contribution in [0.3, 0.4) is 0 Å². The summed E-state index contributed by atoms with van der Waals surface area (Å²) < 4.78 is 5.46. The average molecular weight is 187 g/mol. The molecule has 0 saturated heterocycles. The van der Waals surface area contributed by atoms with Gasteiger partial charge in [-0.15, -0.1) is 0 Å². The molecule has 2 nitrogen and oxygen atoms in total. The Morgan fingerprint density at radius 2 is 1.85 bits per heavy atom. The molecule has 13 heavy (non-hydrogen) atoms. The van der Waals surface area contributed by atoms with Crippen molar-refractivity contribution in [2.45, 2.75) is 40.7 Å². The first-order chi connectivity index (χ1) is 5.96. The summed E-state index contributed by atoms with van der Waals surface area (Å²) in [6.07, 6.45) is 0. The lowest BCUT2D eigenvalue weighted by atomic mass is 9.75. The smallest absolute Gasteiger partial charge is 0.0624 e. The van der Waals surface area contributed by atoms with E-state index in [2.05, 4.69) is 33.0 Å². The van der Waals surface area contributed by atoms with Crippen LogP contribution in [0.25, 0.3) is 0 Å². The molecule has 1 atom stereocenters. The summed E-state index contributed by atoms with van der Waals surface area (Å²) in [4.78, 5) is 0. The summed E-state index contributed by atoms with van der Waals surface area (Å²) >= 11 is 0. The zero-order valence-electron chi connectivity index (χ0n) is 9.98. The standard InChI is InChI=1S/C11H25NO/c1-7-13-8-10(12-6)11(4,5)9(2)3/h9-10,12H,7-8H2,1-6H3. The molecule has 0 rings (SSSR count). The zero-order chi connectivity index (χ0) is 10.5. The van der Waals surface area contributed by atoms with Crippen molar-refractivity contribution in [3.05, 3.63) is 0 Å². The van der Waals surface area contributed by atoms with Gasteiger partial charge in [0, 0.05) is 12.6 Å². The first kappa shape index (κ1) is 12.9. The molecule has 1 unspecified atom stereocenters. The van der Waals surface area contributed by atoms with Gasteiger partial charge < -0.3 is 10.1 Å². The summed E-state index contributed by atoms with van der Waals surface area (Å²) in [6, 6.07) is 0.437. The van der Waals surface area contributed by atoms with Crippen molar-refractivity contribution in [3.63, 3.8) is 0 Å². The van der Waals surface area contributed by atoms with E-state index in [0.29, 0.717) is 12.0 Å². The van der Waals surface area contributed by atoms with Crippen molar-refractivity contribution >= 4 is 0 Å². The highest BCUT2D eigenvalue weighted by molar-refractivity contribution is 4.85. The average Bonchev–Trinajstić information content (AvgIpc) is 2.05. The lowest BCUT2D eigenvalue weighted by Gasteiger charge is -2.37. The second-order valence-electron chi connectivity index (χ2n) is 4.48. The van der Waals surface area contributed by atoms with Gasteiger partial charge in [-0.25, -0.2) is 0 Å². The van der Waals surface area contributed by atoms with Gasteiger partial charge in [0.2, 0.25) is 0 Å². The zero-order valence-corrected chi connectivity index (χ0v) is 9.98. The number of rotatable bonds is 6. The molecule has 2 heteroatoms. The fourth-order valence-corrected chi connectivity index (χ4v) is 1.31. The molecule has 1 N–H and O–H groups in total. The van der Waals surface area contributed by atoms with Gasteiger partial charge in [0.05, 0.1) is 6.61 Å². The van der Waals surface area contributed by atoms with Crippen LogP contribution < -0.4 is 5.32 Å². The Kier molecular flexibility index (Phi) is 5.57. The van der Waals surface area contributed by atoms with E-state index in [4.69, 9.17) is 4.74 Å². The summed E-state index contributed by atoms with van der Waals surface area (Å²) in [5.74, 6) is 0.658. The number of hydrogen-bond donors (Lipinski definition) is 1. The molecule has 80 valence electrons. The fourth-order valence-electron chi connectivity index (χ4n) is 1.31. The van der Waals surface area contributed by atoms with Crippen LogP contribution in [-0.4, -0.2) is 26.3 Å². The van der Waals surface area contributed by atoms with E-state index in [1.807, 2.05) is 14.0 Å².